The van der Waals surface area contributed by atoms with Crippen LogP contribution in [0.1, 0.15) is 27.8 Å². The number of nitrogens with zero attached hydrogens (tertiary/aromatic N) is 1. The minimum absolute atomic E-state index is 0.0550. The number of halogens is 2. The van der Waals surface area contributed by atoms with Crippen LogP contribution in [0.2, 0.25) is 0 Å². The van der Waals surface area contributed by atoms with Crippen molar-refractivity contribution in [2.75, 3.05) is 10.2 Å². The van der Waals surface area contributed by atoms with E-state index in [4.69, 9.17) is 0 Å². The van der Waals surface area contributed by atoms with Gasteiger partial charge in [-0.3, -0.25) is 9.59 Å². The van der Waals surface area contributed by atoms with Gasteiger partial charge in [0.1, 0.15) is 17.3 Å². The summed E-state index contributed by atoms with van der Waals surface area (Å²) in [5.41, 5.74) is 4.84. The van der Waals surface area contributed by atoms with Crippen molar-refractivity contribution in [2.24, 2.45) is 0 Å². The Hall–Kier alpha value is -3.80. The fraction of sp³-hybridized carbons (Fsp3) is 0.154. The second-order valence-electron chi connectivity index (χ2n) is 8.05. The van der Waals surface area contributed by atoms with Gasteiger partial charge in [0.25, 0.3) is 11.8 Å². The lowest BCUT2D eigenvalue weighted by molar-refractivity contribution is -0.120. The van der Waals surface area contributed by atoms with Gasteiger partial charge in [-0.05, 0) is 68.1 Å². The third-order valence-electron chi connectivity index (χ3n) is 5.54. The predicted octanol–water partition coefficient (Wildman–Crippen LogP) is 5.60. The van der Waals surface area contributed by atoms with Crippen LogP contribution in [0, 0.1) is 39.3 Å². The van der Waals surface area contributed by atoms with Gasteiger partial charge in [0, 0.05) is 11.8 Å². The molecular weight excluding hydrogens is 410 g/mol. The summed E-state index contributed by atoms with van der Waals surface area (Å²) in [7, 11) is 0. The van der Waals surface area contributed by atoms with Gasteiger partial charge in [-0.1, -0.05) is 35.9 Å². The van der Waals surface area contributed by atoms with Crippen molar-refractivity contribution >= 4 is 28.8 Å². The van der Waals surface area contributed by atoms with Gasteiger partial charge in [0.15, 0.2) is 0 Å². The molecule has 3 aromatic carbocycles. The molecule has 0 radical (unpaired) electrons. The molecule has 0 atom stereocenters. The molecule has 1 N–H and O–H groups in total. The first kappa shape index (κ1) is 21.4. The molecule has 2 amide bonds. The first-order valence-corrected chi connectivity index (χ1v) is 10.2. The van der Waals surface area contributed by atoms with Crippen LogP contribution in [0.5, 0.6) is 0 Å². The molecule has 1 aliphatic rings. The van der Waals surface area contributed by atoms with Gasteiger partial charge in [0.05, 0.1) is 11.3 Å². The molecule has 0 spiro atoms. The number of nitrogens with one attached hydrogen (secondary N) is 1. The number of aryl methyl sites for hydroxylation is 4. The molecule has 1 heterocycles. The van der Waals surface area contributed by atoms with E-state index in [1.54, 1.807) is 6.07 Å². The average molecular weight is 432 g/mol. The summed E-state index contributed by atoms with van der Waals surface area (Å²) in [4.78, 5) is 27.7. The van der Waals surface area contributed by atoms with Gasteiger partial charge in [-0.15, -0.1) is 0 Å². The fourth-order valence-corrected chi connectivity index (χ4v) is 3.88. The van der Waals surface area contributed by atoms with E-state index in [2.05, 4.69) is 5.32 Å². The Balaban J connectivity index is 1.90. The molecule has 0 aliphatic carbocycles. The minimum Gasteiger partial charge on any atom is -0.350 e. The highest BCUT2D eigenvalue weighted by Crippen LogP contribution is 2.36. The van der Waals surface area contributed by atoms with Crippen LogP contribution >= 0.6 is 0 Å². The highest BCUT2D eigenvalue weighted by molar-refractivity contribution is 6.46. The maximum Gasteiger partial charge on any atom is 0.282 e. The van der Waals surface area contributed by atoms with E-state index in [1.165, 1.54) is 0 Å². The van der Waals surface area contributed by atoms with E-state index < -0.39 is 23.4 Å². The predicted molar refractivity (Wildman–Crippen MR) is 121 cm³/mol. The number of hydrogen-bond donors (Lipinski definition) is 1. The quantitative estimate of drug-likeness (QED) is 0.547. The number of rotatable bonds is 4. The normalized spacial score (nSPS) is 13.9. The Labute approximate surface area is 185 Å². The largest absolute Gasteiger partial charge is 0.350 e. The van der Waals surface area contributed by atoms with E-state index in [0.29, 0.717) is 17.3 Å². The van der Waals surface area contributed by atoms with Crippen LogP contribution in [-0.2, 0) is 9.59 Å². The number of amides is 2. The molecule has 32 heavy (non-hydrogen) atoms. The smallest absolute Gasteiger partial charge is 0.282 e. The summed E-state index contributed by atoms with van der Waals surface area (Å²) in [5, 5.41) is 3.12. The van der Waals surface area contributed by atoms with Crippen LogP contribution in [0.15, 0.2) is 60.3 Å². The molecule has 0 bridgehead atoms. The van der Waals surface area contributed by atoms with Crippen molar-refractivity contribution in [1.29, 1.82) is 0 Å². The van der Waals surface area contributed by atoms with Gasteiger partial charge < -0.3 is 5.32 Å². The number of carbonyl (C=O) groups is 2. The zero-order chi connectivity index (χ0) is 23.2. The van der Waals surface area contributed by atoms with E-state index in [0.717, 1.165) is 39.3 Å². The maximum absolute atomic E-state index is 14.6. The molecule has 3 aromatic rings. The van der Waals surface area contributed by atoms with E-state index >= 15 is 0 Å². The monoisotopic (exact) mass is 432 g/mol. The highest BCUT2D eigenvalue weighted by atomic mass is 19.1. The summed E-state index contributed by atoms with van der Waals surface area (Å²) in [6, 6.07) is 14.0. The number of imide groups is 1. The topological polar surface area (TPSA) is 49.4 Å². The summed E-state index contributed by atoms with van der Waals surface area (Å²) < 4.78 is 28.0. The molecule has 0 aromatic heterocycles. The number of carbonyl (C=O) groups excluding carboxylic acids is 2. The maximum atomic E-state index is 14.6. The van der Waals surface area contributed by atoms with Crippen molar-refractivity contribution in [1.82, 2.24) is 0 Å². The molecule has 4 nitrogen and oxygen atoms in total. The van der Waals surface area contributed by atoms with Gasteiger partial charge in [-0.25, -0.2) is 13.7 Å². The lowest BCUT2D eigenvalue weighted by atomic mass is 9.97. The molecule has 0 fully saturated rings. The Morgan fingerprint density at radius 2 is 1.44 bits per heavy atom. The van der Waals surface area contributed by atoms with Gasteiger partial charge in [-0.2, -0.15) is 0 Å². The van der Waals surface area contributed by atoms with E-state index in [1.807, 2.05) is 58.0 Å². The van der Waals surface area contributed by atoms with Crippen molar-refractivity contribution < 1.29 is 18.4 Å². The van der Waals surface area contributed by atoms with Crippen LogP contribution in [-0.4, -0.2) is 11.8 Å². The Morgan fingerprint density at radius 1 is 0.750 bits per heavy atom. The molecular formula is C26H22F2N2O2. The lowest BCUT2D eigenvalue weighted by Crippen LogP contribution is -2.33. The molecule has 0 unspecified atom stereocenters. The second kappa shape index (κ2) is 8.04. The molecule has 4 rings (SSSR count). The van der Waals surface area contributed by atoms with Crippen molar-refractivity contribution in [3.8, 4) is 0 Å². The Kier molecular flexibility index (Phi) is 5.38. The minimum atomic E-state index is -0.986. The summed E-state index contributed by atoms with van der Waals surface area (Å²) in [6.45, 7) is 7.59. The summed E-state index contributed by atoms with van der Waals surface area (Å²) in [5.74, 6) is -3.14. The molecule has 1 aliphatic heterocycles. The molecule has 162 valence electrons. The molecule has 0 saturated heterocycles. The van der Waals surface area contributed by atoms with Crippen molar-refractivity contribution in [2.45, 2.75) is 27.7 Å². The third-order valence-corrected chi connectivity index (χ3v) is 5.54. The Morgan fingerprint density at radius 3 is 2.12 bits per heavy atom. The van der Waals surface area contributed by atoms with Crippen molar-refractivity contribution in [3.05, 3.63) is 99.7 Å². The molecule has 6 heteroatoms. The number of anilines is 2. The second-order valence-corrected chi connectivity index (χ2v) is 8.05. The standard InChI is InChI=1S/C26H22F2N2O2/c1-14-6-9-19(17(4)11-14)23-24(29-21-12-15(2)5-7-16(21)3)26(32)30(25(23)31)22-10-8-18(27)13-20(22)28/h5-13,29H,1-4H3. The number of benzene rings is 3. The van der Waals surface area contributed by atoms with Crippen LogP contribution in [0.4, 0.5) is 20.2 Å². The van der Waals surface area contributed by atoms with Gasteiger partial charge >= 0.3 is 0 Å². The highest BCUT2D eigenvalue weighted by Gasteiger charge is 2.42. The lowest BCUT2D eigenvalue weighted by Gasteiger charge is -2.16. The van der Waals surface area contributed by atoms with Crippen LogP contribution < -0.4 is 10.2 Å². The summed E-state index contributed by atoms with van der Waals surface area (Å²) >= 11 is 0. The fourth-order valence-electron chi connectivity index (χ4n) is 3.88. The first-order chi connectivity index (χ1) is 15.2. The van der Waals surface area contributed by atoms with E-state index in [-0.39, 0.29) is 17.0 Å². The van der Waals surface area contributed by atoms with Crippen LogP contribution in [0.25, 0.3) is 5.57 Å². The zero-order valence-corrected chi connectivity index (χ0v) is 18.2. The van der Waals surface area contributed by atoms with E-state index in [9.17, 15) is 18.4 Å². The third kappa shape index (κ3) is 3.68. The zero-order valence-electron chi connectivity index (χ0n) is 18.2. The average Bonchev–Trinajstić information content (AvgIpc) is 2.95. The molecule has 0 saturated carbocycles. The Bertz CT molecular complexity index is 1310. The summed E-state index contributed by atoms with van der Waals surface area (Å²) in [6.07, 6.45) is 0. The SMILES string of the molecule is Cc1ccc(C2=C(Nc3cc(C)ccc3C)C(=O)N(c3ccc(F)cc3F)C2=O)c(C)c1. The van der Waals surface area contributed by atoms with Gasteiger partial charge in [0.2, 0.25) is 0 Å². The van der Waals surface area contributed by atoms with Crippen LogP contribution in [0.3, 0.4) is 0 Å². The van der Waals surface area contributed by atoms with Crippen molar-refractivity contribution in [3.63, 3.8) is 0 Å². The number of hydrogen-bond acceptors (Lipinski definition) is 3. The first-order valence-electron chi connectivity index (χ1n) is 10.2.